The van der Waals surface area contributed by atoms with Crippen LogP contribution in [0.3, 0.4) is 0 Å². The lowest BCUT2D eigenvalue weighted by atomic mass is 10.0. The molecular formula is C20H24F2IN3O. The van der Waals surface area contributed by atoms with Crippen LogP contribution in [0, 0.1) is 11.6 Å². The average Bonchev–Trinajstić information content (AvgIpc) is 3.40. The van der Waals surface area contributed by atoms with E-state index in [4.69, 9.17) is 0 Å². The standard InChI is InChI=1S/C20H23F2N3O.HI/c1-23-20(24-11-14(12-26)13-6-3-2-4-7-13)25-18-10-15(18)19-16(21)8-5-9-17(19)22;/h2-9,14-15,18,26H,10-12H2,1H3,(H2,23,24,25);1H. The van der Waals surface area contributed by atoms with Crippen LogP contribution in [-0.2, 0) is 0 Å². The van der Waals surface area contributed by atoms with E-state index in [-0.39, 0.29) is 54.0 Å². The first-order valence-electron chi connectivity index (χ1n) is 8.71. The first-order chi connectivity index (χ1) is 12.6. The highest BCUT2D eigenvalue weighted by Crippen LogP contribution is 2.43. The minimum absolute atomic E-state index is 0. The van der Waals surface area contributed by atoms with Gasteiger partial charge in [0.25, 0.3) is 0 Å². The summed E-state index contributed by atoms with van der Waals surface area (Å²) in [7, 11) is 1.65. The van der Waals surface area contributed by atoms with Gasteiger partial charge in [0.15, 0.2) is 5.96 Å². The fourth-order valence-electron chi connectivity index (χ4n) is 3.14. The molecule has 1 aliphatic rings. The molecule has 0 bridgehead atoms. The van der Waals surface area contributed by atoms with Crippen LogP contribution < -0.4 is 10.6 Å². The van der Waals surface area contributed by atoms with E-state index in [0.717, 1.165) is 5.56 Å². The van der Waals surface area contributed by atoms with E-state index in [1.54, 1.807) is 7.05 Å². The van der Waals surface area contributed by atoms with Crippen molar-refractivity contribution in [3.05, 3.63) is 71.3 Å². The number of aliphatic hydroxyl groups is 1. The summed E-state index contributed by atoms with van der Waals surface area (Å²) in [5.41, 5.74) is 1.17. The summed E-state index contributed by atoms with van der Waals surface area (Å²) in [6.45, 7) is 0.520. The molecule has 0 spiro atoms. The summed E-state index contributed by atoms with van der Waals surface area (Å²) in [6.07, 6.45) is 0.653. The van der Waals surface area contributed by atoms with Crippen LogP contribution in [0.1, 0.15) is 29.4 Å². The topological polar surface area (TPSA) is 56.7 Å². The molecule has 1 fully saturated rings. The molecule has 27 heavy (non-hydrogen) atoms. The number of aliphatic imine (C=N–C) groups is 1. The van der Waals surface area contributed by atoms with Gasteiger partial charge in [0.1, 0.15) is 11.6 Å². The fourth-order valence-corrected chi connectivity index (χ4v) is 3.14. The van der Waals surface area contributed by atoms with Crippen molar-refractivity contribution < 1.29 is 13.9 Å². The van der Waals surface area contributed by atoms with Gasteiger partial charge >= 0.3 is 0 Å². The van der Waals surface area contributed by atoms with Crippen LogP contribution in [0.4, 0.5) is 8.78 Å². The summed E-state index contributed by atoms with van der Waals surface area (Å²) in [5.74, 6) is -0.715. The van der Waals surface area contributed by atoms with Gasteiger partial charge in [-0.2, -0.15) is 0 Å². The number of hydrogen-bond donors (Lipinski definition) is 3. The number of hydrogen-bond acceptors (Lipinski definition) is 2. The second-order valence-electron chi connectivity index (χ2n) is 6.47. The summed E-state index contributed by atoms with van der Waals surface area (Å²) >= 11 is 0. The Morgan fingerprint density at radius 3 is 2.41 bits per heavy atom. The smallest absolute Gasteiger partial charge is 0.191 e. The van der Waals surface area contributed by atoms with Gasteiger partial charge in [0.2, 0.25) is 0 Å². The Bertz CT molecular complexity index is 753. The summed E-state index contributed by atoms with van der Waals surface area (Å²) in [5, 5.41) is 16.0. The molecule has 2 aromatic carbocycles. The monoisotopic (exact) mass is 487 g/mol. The van der Waals surface area contributed by atoms with Gasteiger partial charge in [-0.1, -0.05) is 36.4 Å². The van der Waals surface area contributed by atoms with Crippen molar-refractivity contribution in [1.82, 2.24) is 10.6 Å². The molecule has 0 heterocycles. The molecule has 3 N–H and O–H groups in total. The van der Waals surface area contributed by atoms with E-state index in [1.807, 2.05) is 30.3 Å². The zero-order valence-electron chi connectivity index (χ0n) is 15.0. The maximum absolute atomic E-state index is 13.9. The van der Waals surface area contributed by atoms with Gasteiger partial charge in [-0.05, 0) is 24.1 Å². The van der Waals surface area contributed by atoms with Crippen LogP contribution in [0.5, 0.6) is 0 Å². The van der Waals surface area contributed by atoms with Crippen molar-refractivity contribution in [2.75, 3.05) is 20.2 Å². The van der Waals surface area contributed by atoms with Crippen LogP contribution in [0.15, 0.2) is 53.5 Å². The van der Waals surface area contributed by atoms with Crippen molar-refractivity contribution in [2.24, 2.45) is 4.99 Å². The van der Waals surface area contributed by atoms with E-state index in [1.165, 1.54) is 18.2 Å². The molecule has 7 heteroatoms. The molecule has 0 aromatic heterocycles. The van der Waals surface area contributed by atoms with Crippen molar-refractivity contribution in [3.63, 3.8) is 0 Å². The Balaban J connectivity index is 0.00000261. The molecule has 4 nitrogen and oxygen atoms in total. The molecule has 2 aromatic rings. The molecule has 0 radical (unpaired) electrons. The van der Waals surface area contributed by atoms with Gasteiger partial charge in [0.05, 0.1) is 6.61 Å². The number of aliphatic hydroxyl groups excluding tert-OH is 1. The molecule has 3 unspecified atom stereocenters. The van der Waals surface area contributed by atoms with Crippen LogP contribution in [0.2, 0.25) is 0 Å². The van der Waals surface area contributed by atoms with E-state index < -0.39 is 11.6 Å². The van der Waals surface area contributed by atoms with E-state index in [2.05, 4.69) is 15.6 Å². The zero-order chi connectivity index (χ0) is 18.5. The van der Waals surface area contributed by atoms with Gasteiger partial charge in [-0.15, -0.1) is 24.0 Å². The lowest BCUT2D eigenvalue weighted by molar-refractivity contribution is 0.265. The highest BCUT2D eigenvalue weighted by atomic mass is 127. The van der Waals surface area contributed by atoms with Crippen LogP contribution in [0.25, 0.3) is 0 Å². The summed E-state index contributed by atoms with van der Waals surface area (Å²) in [4.78, 5) is 4.17. The van der Waals surface area contributed by atoms with Crippen molar-refractivity contribution in [1.29, 1.82) is 0 Å². The largest absolute Gasteiger partial charge is 0.396 e. The van der Waals surface area contributed by atoms with E-state index in [0.29, 0.717) is 18.9 Å². The van der Waals surface area contributed by atoms with E-state index >= 15 is 0 Å². The second kappa shape index (κ2) is 9.98. The molecule has 3 rings (SSSR count). The van der Waals surface area contributed by atoms with E-state index in [9.17, 15) is 13.9 Å². The van der Waals surface area contributed by atoms with Crippen molar-refractivity contribution in [3.8, 4) is 0 Å². The molecule has 0 aliphatic heterocycles. The first-order valence-corrected chi connectivity index (χ1v) is 8.71. The number of halogens is 3. The SMILES string of the molecule is CN=C(NCC(CO)c1ccccc1)NC1CC1c1c(F)cccc1F.I. The number of guanidine groups is 1. The normalized spacial score (nSPS) is 19.8. The van der Waals surface area contributed by atoms with Gasteiger partial charge < -0.3 is 15.7 Å². The molecule has 0 amide bonds. The van der Waals surface area contributed by atoms with Gasteiger partial charge in [0, 0.05) is 37.0 Å². The quantitative estimate of drug-likeness (QED) is 0.333. The summed E-state index contributed by atoms with van der Waals surface area (Å²) < 4.78 is 27.8. The molecule has 146 valence electrons. The Morgan fingerprint density at radius 1 is 1.15 bits per heavy atom. The predicted molar refractivity (Wildman–Crippen MR) is 114 cm³/mol. The third kappa shape index (κ3) is 5.38. The van der Waals surface area contributed by atoms with Crippen LogP contribution in [-0.4, -0.2) is 37.3 Å². The fraction of sp³-hybridized carbons (Fsp3) is 0.350. The molecule has 1 aliphatic carbocycles. The third-order valence-electron chi connectivity index (χ3n) is 4.71. The maximum atomic E-state index is 13.9. The Labute approximate surface area is 175 Å². The Hall–Kier alpha value is -1.74. The lowest BCUT2D eigenvalue weighted by Crippen LogP contribution is -2.41. The number of rotatable bonds is 6. The molecular weight excluding hydrogens is 463 g/mol. The Morgan fingerprint density at radius 2 is 1.81 bits per heavy atom. The van der Waals surface area contributed by atoms with Crippen LogP contribution >= 0.6 is 24.0 Å². The van der Waals surface area contributed by atoms with Crippen molar-refractivity contribution in [2.45, 2.75) is 24.3 Å². The minimum atomic E-state index is -0.508. The first kappa shape index (κ1) is 21.6. The minimum Gasteiger partial charge on any atom is -0.396 e. The maximum Gasteiger partial charge on any atom is 0.191 e. The second-order valence-corrected chi connectivity index (χ2v) is 6.47. The number of nitrogens with one attached hydrogen (secondary N) is 2. The molecule has 1 saturated carbocycles. The zero-order valence-corrected chi connectivity index (χ0v) is 17.4. The number of benzene rings is 2. The van der Waals surface area contributed by atoms with Crippen molar-refractivity contribution >= 4 is 29.9 Å². The highest BCUT2D eigenvalue weighted by Gasteiger charge is 2.42. The van der Waals surface area contributed by atoms with Gasteiger partial charge in [-0.25, -0.2) is 8.78 Å². The molecule has 3 atom stereocenters. The molecule has 0 saturated heterocycles. The summed E-state index contributed by atoms with van der Waals surface area (Å²) in [6, 6.07) is 13.6. The lowest BCUT2D eigenvalue weighted by Gasteiger charge is -2.18. The predicted octanol–water partition coefficient (Wildman–Crippen LogP) is 3.38. The van der Waals surface area contributed by atoms with Gasteiger partial charge in [-0.3, -0.25) is 4.99 Å². The Kier molecular flexibility index (Phi) is 7.97. The highest BCUT2D eigenvalue weighted by molar-refractivity contribution is 14.0. The average molecular weight is 487 g/mol. The third-order valence-corrected chi connectivity index (χ3v) is 4.71. The number of nitrogens with zero attached hydrogens (tertiary/aromatic N) is 1.